The van der Waals surface area contributed by atoms with Gasteiger partial charge in [0, 0.05) is 49.5 Å². The molecular weight excluding hydrogens is 426 g/mol. The lowest BCUT2D eigenvalue weighted by molar-refractivity contribution is 0.0547. The second kappa shape index (κ2) is 9.67. The van der Waals surface area contributed by atoms with Crippen molar-refractivity contribution in [2.45, 2.75) is 84.5 Å². The second-order valence-corrected chi connectivity index (χ2v) is 10.6. The number of aliphatic hydroxyl groups is 1. The van der Waals surface area contributed by atoms with Gasteiger partial charge in [-0.3, -0.25) is 14.7 Å². The van der Waals surface area contributed by atoms with Crippen LogP contribution in [0.5, 0.6) is 5.75 Å². The summed E-state index contributed by atoms with van der Waals surface area (Å²) < 4.78 is 5.98. The molecule has 3 atom stereocenters. The summed E-state index contributed by atoms with van der Waals surface area (Å²) in [7, 11) is 0. The fraction of sp³-hybridized carbons (Fsp3) is 0.571. The molecule has 34 heavy (non-hydrogen) atoms. The monoisotopic (exact) mass is 465 g/mol. The topological polar surface area (TPSA) is 65.9 Å². The maximum Gasteiger partial charge on any atom is 0.255 e. The average Bonchev–Trinajstić information content (AvgIpc) is 3.41. The number of pyridine rings is 1. The van der Waals surface area contributed by atoms with Gasteiger partial charge in [0.1, 0.15) is 5.75 Å². The molecule has 0 radical (unpaired) electrons. The molecule has 0 saturated carbocycles. The maximum absolute atomic E-state index is 13.1. The first-order chi connectivity index (χ1) is 16.1. The normalized spacial score (nSPS) is 21.2. The number of nitrogens with zero attached hydrogens (tertiary/aromatic N) is 3. The fourth-order valence-electron chi connectivity index (χ4n) is 5.36. The lowest BCUT2D eigenvalue weighted by atomic mass is 9.96. The third-order valence-corrected chi connectivity index (χ3v) is 7.68. The summed E-state index contributed by atoms with van der Waals surface area (Å²) in [5, 5.41) is 9.94. The standard InChI is InChI=1S/C28H39N3O3/c1-7-22-9-8-21(15-29-22)27(32)31-17-23-14-24(31)16-30(23)20(4)25-10-11-26(19(3)18(25)2)34-13-12-28(5,6)33/h8-11,15,20,23-24,33H,7,12-14,16-17H2,1-6H3/t20-,23-,24-/m0/s1. The van der Waals surface area contributed by atoms with Crippen LogP contribution >= 0.6 is 0 Å². The third kappa shape index (κ3) is 4.98. The Kier molecular flexibility index (Phi) is 7.02. The van der Waals surface area contributed by atoms with Crippen molar-refractivity contribution >= 4 is 5.91 Å². The van der Waals surface area contributed by atoms with E-state index in [1.165, 1.54) is 11.1 Å². The molecule has 4 rings (SSSR count). The van der Waals surface area contributed by atoms with Crippen LogP contribution in [0.3, 0.4) is 0 Å². The van der Waals surface area contributed by atoms with Crippen LogP contribution in [0.25, 0.3) is 0 Å². The van der Waals surface area contributed by atoms with Gasteiger partial charge in [-0.1, -0.05) is 13.0 Å². The van der Waals surface area contributed by atoms with Crippen LogP contribution in [0.2, 0.25) is 0 Å². The van der Waals surface area contributed by atoms with Gasteiger partial charge in [-0.05, 0) is 82.3 Å². The SMILES string of the molecule is CCc1ccc(C(=O)N2C[C@@H]3C[C@H]2CN3[C@@H](C)c2ccc(OCCC(C)(C)O)c(C)c2C)cn1. The van der Waals surface area contributed by atoms with Crippen molar-refractivity contribution < 1.29 is 14.6 Å². The summed E-state index contributed by atoms with van der Waals surface area (Å²) in [6.45, 7) is 14.4. The number of carbonyl (C=O) groups excluding carboxylic acids is 1. The number of hydrogen-bond acceptors (Lipinski definition) is 5. The lowest BCUT2D eigenvalue weighted by Crippen LogP contribution is -2.49. The van der Waals surface area contributed by atoms with Gasteiger partial charge in [0.25, 0.3) is 5.91 Å². The first-order valence-electron chi connectivity index (χ1n) is 12.6. The summed E-state index contributed by atoms with van der Waals surface area (Å²) in [6, 6.07) is 9.04. The quantitative estimate of drug-likeness (QED) is 0.624. The molecule has 184 valence electrons. The smallest absolute Gasteiger partial charge is 0.255 e. The molecule has 2 aliphatic heterocycles. The maximum atomic E-state index is 13.1. The Labute approximate surface area is 203 Å². The third-order valence-electron chi connectivity index (χ3n) is 7.68. The number of carbonyl (C=O) groups is 1. The van der Waals surface area contributed by atoms with Crippen molar-refractivity contribution in [2.24, 2.45) is 0 Å². The Balaban J connectivity index is 1.41. The van der Waals surface area contributed by atoms with E-state index in [-0.39, 0.29) is 18.0 Å². The van der Waals surface area contributed by atoms with Crippen molar-refractivity contribution in [3.05, 3.63) is 58.4 Å². The van der Waals surface area contributed by atoms with Crippen molar-refractivity contribution in [2.75, 3.05) is 19.7 Å². The fourth-order valence-corrected chi connectivity index (χ4v) is 5.36. The minimum atomic E-state index is -0.725. The van der Waals surface area contributed by atoms with Gasteiger partial charge in [-0.25, -0.2) is 0 Å². The molecule has 6 heteroatoms. The van der Waals surface area contributed by atoms with Gasteiger partial charge < -0.3 is 14.7 Å². The Bertz CT molecular complexity index is 1030. The molecule has 0 aliphatic carbocycles. The van der Waals surface area contributed by atoms with Gasteiger partial charge in [0.05, 0.1) is 17.8 Å². The molecule has 1 N–H and O–H groups in total. The number of hydrogen-bond donors (Lipinski definition) is 1. The second-order valence-electron chi connectivity index (χ2n) is 10.6. The molecule has 2 saturated heterocycles. The first-order valence-corrected chi connectivity index (χ1v) is 12.6. The largest absolute Gasteiger partial charge is 0.493 e. The van der Waals surface area contributed by atoms with Gasteiger partial charge in [0.15, 0.2) is 0 Å². The van der Waals surface area contributed by atoms with E-state index in [2.05, 4.69) is 49.7 Å². The van der Waals surface area contributed by atoms with E-state index in [9.17, 15) is 9.90 Å². The molecule has 0 spiro atoms. The predicted octanol–water partition coefficient (Wildman–Crippen LogP) is 4.46. The summed E-state index contributed by atoms with van der Waals surface area (Å²) in [5.41, 5.74) is 4.71. The van der Waals surface area contributed by atoms with Crippen LogP contribution < -0.4 is 4.74 Å². The molecule has 2 bridgehead atoms. The number of aryl methyl sites for hydroxylation is 1. The molecule has 3 heterocycles. The van der Waals surface area contributed by atoms with Crippen molar-refractivity contribution in [3.63, 3.8) is 0 Å². The highest BCUT2D eigenvalue weighted by atomic mass is 16.5. The molecular formula is C28H39N3O3. The molecule has 1 aromatic carbocycles. The number of benzene rings is 1. The number of likely N-dealkylation sites (tertiary alicyclic amines) is 2. The van der Waals surface area contributed by atoms with Gasteiger partial charge in [-0.15, -0.1) is 0 Å². The van der Waals surface area contributed by atoms with E-state index >= 15 is 0 Å². The summed E-state index contributed by atoms with van der Waals surface area (Å²) in [4.78, 5) is 22.1. The van der Waals surface area contributed by atoms with E-state index in [4.69, 9.17) is 4.74 Å². The number of fused-ring (bicyclic) bond motifs is 2. The Morgan fingerprint density at radius 3 is 2.53 bits per heavy atom. The zero-order valence-corrected chi connectivity index (χ0v) is 21.5. The van der Waals surface area contributed by atoms with Crippen LogP contribution in [0.1, 0.15) is 79.3 Å². The molecule has 0 unspecified atom stereocenters. The number of amides is 1. The molecule has 1 amide bonds. The minimum absolute atomic E-state index is 0.106. The predicted molar refractivity (Wildman–Crippen MR) is 134 cm³/mol. The molecule has 2 aliphatic rings. The Morgan fingerprint density at radius 1 is 1.18 bits per heavy atom. The van der Waals surface area contributed by atoms with Crippen molar-refractivity contribution in [3.8, 4) is 5.75 Å². The lowest BCUT2D eigenvalue weighted by Gasteiger charge is -2.38. The Hall–Kier alpha value is -2.44. The number of rotatable bonds is 8. The van der Waals surface area contributed by atoms with Gasteiger partial charge >= 0.3 is 0 Å². The Morgan fingerprint density at radius 2 is 1.94 bits per heavy atom. The molecule has 1 aromatic heterocycles. The van der Waals surface area contributed by atoms with E-state index in [0.29, 0.717) is 24.6 Å². The van der Waals surface area contributed by atoms with Crippen LogP contribution in [0.15, 0.2) is 30.5 Å². The highest BCUT2D eigenvalue weighted by Gasteiger charge is 2.47. The number of aromatic nitrogens is 1. The zero-order valence-electron chi connectivity index (χ0n) is 21.5. The van der Waals surface area contributed by atoms with E-state index in [1.54, 1.807) is 20.0 Å². The highest BCUT2D eigenvalue weighted by Crippen LogP contribution is 2.39. The molecule has 2 aromatic rings. The number of ether oxygens (including phenoxy) is 1. The number of piperazine rings is 1. The minimum Gasteiger partial charge on any atom is -0.493 e. The summed E-state index contributed by atoms with van der Waals surface area (Å²) >= 11 is 0. The van der Waals surface area contributed by atoms with E-state index in [1.807, 2.05) is 17.0 Å². The summed E-state index contributed by atoms with van der Waals surface area (Å²) in [5.74, 6) is 0.995. The highest BCUT2D eigenvalue weighted by molar-refractivity contribution is 5.94. The van der Waals surface area contributed by atoms with Crippen molar-refractivity contribution in [1.29, 1.82) is 0 Å². The van der Waals surface area contributed by atoms with E-state index in [0.717, 1.165) is 42.9 Å². The molecule has 2 fully saturated rings. The first kappa shape index (κ1) is 24.7. The summed E-state index contributed by atoms with van der Waals surface area (Å²) in [6.07, 6.45) is 4.23. The van der Waals surface area contributed by atoms with Crippen molar-refractivity contribution in [1.82, 2.24) is 14.8 Å². The van der Waals surface area contributed by atoms with Crippen LogP contribution in [-0.2, 0) is 6.42 Å². The molecule has 6 nitrogen and oxygen atoms in total. The zero-order chi connectivity index (χ0) is 24.6. The van der Waals surface area contributed by atoms with Gasteiger partial charge in [0.2, 0.25) is 0 Å². The van der Waals surface area contributed by atoms with Crippen LogP contribution in [0.4, 0.5) is 0 Å². The van der Waals surface area contributed by atoms with Crippen LogP contribution in [0, 0.1) is 13.8 Å². The van der Waals surface area contributed by atoms with E-state index < -0.39 is 5.60 Å². The average molecular weight is 466 g/mol. The van der Waals surface area contributed by atoms with Crippen LogP contribution in [-0.4, -0.2) is 63.2 Å². The van der Waals surface area contributed by atoms with Gasteiger partial charge in [-0.2, -0.15) is 0 Å².